The van der Waals surface area contributed by atoms with Crippen LogP contribution in [0.2, 0.25) is 0 Å². The molecule has 0 amide bonds. The Kier molecular flexibility index (Phi) is 3.50. The molecule has 0 aliphatic heterocycles. The van der Waals surface area contributed by atoms with Gasteiger partial charge in [0.25, 0.3) is 0 Å². The Morgan fingerprint density at radius 1 is 1.17 bits per heavy atom. The standard InChI is InChI=1S/C15H22N2O/c18-10-12-4-1-2-6-14(12)17-15-9-8-11-5-3-7-13(11)16-15/h8-9,12,14,18H,1-7,10H2,(H,16,17). The molecule has 2 aliphatic carbocycles. The average molecular weight is 246 g/mol. The van der Waals surface area contributed by atoms with Gasteiger partial charge in [0.15, 0.2) is 0 Å². The topological polar surface area (TPSA) is 45.1 Å². The number of rotatable bonds is 3. The van der Waals surface area contributed by atoms with Gasteiger partial charge in [-0.1, -0.05) is 18.9 Å². The summed E-state index contributed by atoms with van der Waals surface area (Å²) in [5.41, 5.74) is 2.69. The minimum absolute atomic E-state index is 0.294. The van der Waals surface area contributed by atoms with Crippen LogP contribution in [0.15, 0.2) is 12.1 Å². The van der Waals surface area contributed by atoms with Gasteiger partial charge < -0.3 is 10.4 Å². The molecule has 2 aliphatic rings. The highest BCUT2D eigenvalue weighted by Gasteiger charge is 2.24. The summed E-state index contributed by atoms with van der Waals surface area (Å²) in [5, 5.41) is 13.0. The van der Waals surface area contributed by atoms with Crippen LogP contribution in [0.1, 0.15) is 43.4 Å². The molecule has 3 rings (SSSR count). The van der Waals surface area contributed by atoms with Crippen molar-refractivity contribution in [2.24, 2.45) is 5.92 Å². The number of hydrogen-bond donors (Lipinski definition) is 2. The number of aliphatic hydroxyl groups is 1. The predicted molar refractivity (Wildman–Crippen MR) is 72.7 cm³/mol. The molecule has 2 N–H and O–H groups in total. The van der Waals surface area contributed by atoms with Crippen LogP contribution in [-0.2, 0) is 12.8 Å². The van der Waals surface area contributed by atoms with Gasteiger partial charge in [0.2, 0.25) is 0 Å². The Morgan fingerprint density at radius 3 is 2.94 bits per heavy atom. The van der Waals surface area contributed by atoms with Gasteiger partial charge in [0, 0.05) is 24.3 Å². The summed E-state index contributed by atoms with van der Waals surface area (Å²) in [6.45, 7) is 0.294. The summed E-state index contributed by atoms with van der Waals surface area (Å²) in [7, 11) is 0. The average Bonchev–Trinajstić information content (AvgIpc) is 2.87. The van der Waals surface area contributed by atoms with E-state index in [0.29, 0.717) is 18.6 Å². The Labute approximate surface area is 109 Å². The molecule has 3 heteroatoms. The summed E-state index contributed by atoms with van der Waals surface area (Å²) in [6, 6.07) is 4.72. The van der Waals surface area contributed by atoms with Crippen LogP contribution >= 0.6 is 0 Å². The molecule has 0 saturated heterocycles. The lowest BCUT2D eigenvalue weighted by Gasteiger charge is -2.31. The highest BCUT2D eigenvalue weighted by atomic mass is 16.3. The first-order valence-electron chi connectivity index (χ1n) is 7.23. The van der Waals surface area contributed by atoms with Crippen LogP contribution in [0.3, 0.4) is 0 Å². The van der Waals surface area contributed by atoms with Gasteiger partial charge in [-0.15, -0.1) is 0 Å². The van der Waals surface area contributed by atoms with E-state index in [4.69, 9.17) is 4.98 Å². The lowest BCUT2D eigenvalue weighted by Crippen LogP contribution is -2.34. The van der Waals surface area contributed by atoms with Crippen LogP contribution in [-0.4, -0.2) is 22.7 Å². The van der Waals surface area contributed by atoms with Crippen LogP contribution in [0, 0.1) is 5.92 Å². The van der Waals surface area contributed by atoms with Gasteiger partial charge >= 0.3 is 0 Å². The van der Waals surface area contributed by atoms with Gasteiger partial charge in [-0.05, 0) is 43.7 Å². The number of pyridine rings is 1. The maximum Gasteiger partial charge on any atom is 0.126 e. The first-order chi connectivity index (χ1) is 8.86. The van der Waals surface area contributed by atoms with E-state index in [1.54, 1.807) is 0 Å². The van der Waals surface area contributed by atoms with Crippen molar-refractivity contribution < 1.29 is 5.11 Å². The SMILES string of the molecule is OCC1CCCCC1Nc1ccc2c(n1)CCC2. The summed E-state index contributed by atoms with van der Waals surface area (Å²) < 4.78 is 0. The third-order valence-electron chi connectivity index (χ3n) is 4.41. The molecule has 0 aromatic carbocycles. The van der Waals surface area contributed by atoms with Crippen molar-refractivity contribution in [2.75, 3.05) is 11.9 Å². The second kappa shape index (κ2) is 5.27. The van der Waals surface area contributed by atoms with E-state index in [0.717, 1.165) is 25.1 Å². The summed E-state index contributed by atoms with van der Waals surface area (Å²) in [6.07, 6.45) is 8.36. The Morgan fingerprint density at radius 2 is 2.06 bits per heavy atom. The van der Waals surface area contributed by atoms with Crippen molar-refractivity contribution in [3.8, 4) is 0 Å². The fraction of sp³-hybridized carbons (Fsp3) is 0.667. The van der Waals surface area contributed by atoms with E-state index in [1.807, 2.05) is 0 Å². The molecule has 98 valence electrons. The number of aromatic nitrogens is 1. The minimum atomic E-state index is 0.294. The molecule has 2 atom stereocenters. The molecule has 18 heavy (non-hydrogen) atoms. The van der Waals surface area contributed by atoms with E-state index < -0.39 is 0 Å². The van der Waals surface area contributed by atoms with Crippen LogP contribution in [0.5, 0.6) is 0 Å². The van der Waals surface area contributed by atoms with Crippen molar-refractivity contribution in [3.63, 3.8) is 0 Å². The van der Waals surface area contributed by atoms with E-state index in [1.165, 1.54) is 36.9 Å². The van der Waals surface area contributed by atoms with Crippen molar-refractivity contribution in [1.82, 2.24) is 4.98 Å². The smallest absolute Gasteiger partial charge is 0.126 e. The lowest BCUT2D eigenvalue weighted by molar-refractivity contribution is 0.178. The molecular formula is C15H22N2O. The van der Waals surface area contributed by atoms with Crippen molar-refractivity contribution >= 4 is 5.82 Å². The molecule has 1 heterocycles. The Hall–Kier alpha value is -1.09. The molecular weight excluding hydrogens is 224 g/mol. The molecule has 2 unspecified atom stereocenters. The van der Waals surface area contributed by atoms with E-state index in [2.05, 4.69) is 17.4 Å². The number of anilines is 1. The third-order valence-corrected chi connectivity index (χ3v) is 4.41. The molecule has 1 saturated carbocycles. The molecule has 3 nitrogen and oxygen atoms in total. The second-order valence-corrected chi connectivity index (χ2v) is 5.63. The fourth-order valence-corrected chi connectivity index (χ4v) is 3.31. The first-order valence-corrected chi connectivity index (χ1v) is 7.23. The van der Waals surface area contributed by atoms with Gasteiger partial charge in [0.1, 0.15) is 5.82 Å². The Bertz CT molecular complexity index is 419. The number of fused-ring (bicyclic) bond motifs is 1. The highest BCUT2D eigenvalue weighted by Crippen LogP contribution is 2.28. The zero-order valence-electron chi connectivity index (χ0n) is 10.9. The largest absolute Gasteiger partial charge is 0.396 e. The summed E-state index contributed by atoms with van der Waals surface area (Å²) in [4.78, 5) is 4.72. The second-order valence-electron chi connectivity index (χ2n) is 5.63. The van der Waals surface area contributed by atoms with Crippen molar-refractivity contribution in [1.29, 1.82) is 0 Å². The molecule has 0 radical (unpaired) electrons. The molecule has 1 aromatic heterocycles. The first kappa shape index (κ1) is 12.0. The van der Waals surface area contributed by atoms with Crippen molar-refractivity contribution in [3.05, 3.63) is 23.4 Å². The van der Waals surface area contributed by atoms with E-state index >= 15 is 0 Å². The zero-order chi connectivity index (χ0) is 12.4. The quantitative estimate of drug-likeness (QED) is 0.861. The number of hydrogen-bond acceptors (Lipinski definition) is 3. The van der Waals surface area contributed by atoms with Crippen molar-refractivity contribution in [2.45, 2.75) is 51.0 Å². The maximum absolute atomic E-state index is 9.43. The maximum atomic E-state index is 9.43. The Balaban J connectivity index is 1.71. The van der Waals surface area contributed by atoms with Gasteiger partial charge in [0.05, 0.1) is 0 Å². The van der Waals surface area contributed by atoms with E-state index in [-0.39, 0.29) is 0 Å². The van der Waals surface area contributed by atoms with E-state index in [9.17, 15) is 5.11 Å². The third kappa shape index (κ3) is 2.37. The fourth-order valence-electron chi connectivity index (χ4n) is 3.31. The molecule has 1 aromatic rings. The number of aryl methyl sites for hydroxylation is 2. The summed E-state index contributed by atoms with van der Waals surface area (Å²) in [5.74, 6) is 1.40. The highest BCUT2D eigenvalue weighted by molar-refractivity contribution is 5.41. The van der Waals surface area contributed by atoms with Crippen LogP contribution in [0.4, 0.5) is 5.82 Å². The molecule has 1 fully saturated rings. The van der Waals surface area contributed by atoms with Gasteiger partial charge in [-0.3, -0.25) is 0 Å². The predicted octanol–water partition coefficient (Wildman–Crippen LogP) is 2.53. The number of aliphatic hydroxyl groups excluding tert-OH is 1. The minimum Gasteiger partial charge on any atom is -0.396 e. The molecule has 0 bridgehead atoms. The molecule has 0 spiro atoms. The van der Waals surface area contributed by atoms with Crippen LogP contribution in [0.25, 0.3) is 0 Å². The number of nitrogens with one attached hydrogen (secondary N) is 1. The zero-order valence-corrected chi connectivity index (χ0v) is 10.9. The normalized spacial score (nSPS) is 26.9. The lowest BCUT2D eigenvalue weighted by atomic mass is 9.85. The van der Waals surface area contributed by atoms with Gasteiger partial charge in [-0.25, -0.2) is 4.98 Å². The summed E-state index contributed by atoms with van der Waals surface area (Å²) >= 11 is 0. The van der Waals surface area contributed by atoms with Crippen LogP contribution < -0.4 is 5.32 Å². The monoisotopic (exact) mass is 246 g/mol. The van der Waals surface area contributed by atoms with Gasteiger partial charge in [-0.2, -0.15) is 0 Å². The number of nitrogens with zero attached hydrogens (tertiary/aromatic N) is 1.